The number of amides is 1. The van der Waals surface area contributed by atoms with E-state index in [-0.39, 0.29) is 12.5 Å². The van der Waals surface area contributed by atoms with Crippen LogP contribution >= 0.6 is 0 Å². The van der Waals surface area contributed by atoms with E-state index in [1.165, 1.54) is 28.1 Å². The maximum absolute atomic E-state index is 11.2. The Labute approximate surface area is 117 Å². The highest BCUT2D eigenvalue weighted by molar-refractivity contribution is 5.73. The van der Waals surface area contributed by atoms with Gasteiger partial charge in [-0.25, -0.2) is 0 Å². The normalized spacial score (nSPS) is 33.5. The second kappa shape index (κ2) is 7.53. The monoisotopic (exact) mass is 291 g/mol. The lowest BCUT2D eigenvalue weighted by molar-refractivity contribution is -0.264. The van der Waals surface area contributed by atoms with E-state index < -0.39 is 36.6 Å². The van der Waals surface area contributed by atoms with Gasteiger partial charge in [-0.2, -0.15) is 0 Å². The van der Waals surface area contributed by atoms with Crippen LogP contribution in [0.1, 0.15) is 13.8 Å². The Hall–Kier alpha value is -1.22. The van der Waals surface area contributed by atoms with Crippen molar-refractivity contribution in [1.82, 2.24) is 5.32 Å². The summed E-state index contributed by atoms with van der Waals surface area (Å²) in [5.41, 5.74) is 0. The van der Waals surface area contributed by atoms with Crippen molar-refractivity contribution in [3.05, 3.63) is 0 Å². The number of esters is 1. The zero-order chi connectivity index (χ0) is 15.3. The SMILES string of the molecule is COCC1OC(O)C(NC(C)=O)C(OC)C1OC(C)=O. The third kappa shape index (κ3) is 4.14. The molecule has 0 radical (unpaired) electrons. The molecule has 8 nitrogen and oxygen atoms in total. The summed E-state index contributed by atoms with van der Waals surface area (Å²) in [6.07, 6.45) is -3.51. The first-order valence-electron chi connectivity index (χ1n) is 6.20. The number of nitrogens with one attached hydrogen (secondary N) is 1. The fourth-order valence-corrected chi connectivity index (χ4v) is 2.22. The van der Waals surface area contributed by atoms with E-state index in [2.05, 4.69) is 5.32 Å². The molecule has 0 aromatic rings. The Balaban J connectivity index is 2.96. The van der Waals surface area contributed by atoms with Crippen LogP contribution in [-0.2, 0) is 28.5 Å². The average Bonchev–Trinajstić information content (AvgIpc) is 2.34. The van der Waals surface area contributed by atoms with Gasteiger partial charge in [0.15, 0.2) is 12.4 Å². The van der Waals surface area contributed by atoms with Crippen LogP contribution < -0.4 is 5.32 Å². The van der Waals surface area contributed by atoms with Crippen molar-refractivity contribution < 1.29 is 33.6 Å². The molecule has 8 heteroatoms. The summed E-state index contributed by atoms with van der Waals surface area (Å²) in [4.78, 5) is 22.4. The number of carbonyl (C=O) groups is 2. The zero-order valence-electron chi connectivity index (χ0n) is 12.0. The summed E-state index contributed by atoms with van der Waals surface area (Å²) in [6.45, 7) is 2.68. The summed E-state index contributed by atoms with van der Waals surface area (Å²) in [5, 5.41) is 12.5. The Morgan fingerprint density at radius 1 is 1.25 bits per heavy atom. The molecule has 1 heterocycles. The van der Waals surface area contributed by atoms with Crippen LogP contribution in [-0.4, -0.2) is 68.5 Å². The topological polar surface area (TPSA) is 103 Å². The van der Waals surface area contributed by atoms with Gasteiger partial charge < -0.3 is 29.4 Å². The Kier molecular flexibility index (Phi) is 6.34. The number of aliphatic hydroxyl groups is 1. The first-order valence-corrected chi connectivity index (χ1v) is 6.20. The van der Waals surface area contributed by atoms with Gasteiger partial charge >= 0.3 is 5.97 Å². The summed E-state index contributed by atoms with van der Waals surface area (Å²) >= 11 is 0. The number of rotatable bonds is 5. The van der Waals surface area contributed by atoms with E-state index in [1.807, 2.05) is 0 Å². The molecule has 1 aliphatic heterocycles. The van der Waals surface area contributed by atoms with Gasteiger partial charge in [0, 0.05) is 28.1 Å². The molecular formula is C12H21NO7. The lowest BCUT2D eigenvalue weighted by Crippen LogP contribution is -2.65. The van der Waals surface area contributed by atoms with Gasteiger partial charge in [0.2, 0.25) is 5.91 Å². The summed E-state index contributed by atoms with van der Waals surface area (Å²) in [5.74, 6) is -0.869. The summed E-state index contributed by atoms with van der Waals surface area (Å²) < 4.78 is 20.8. The number of aliphatic hydroxyl groups excluding tert-OH is 1. The van der Waals surface area contributed by atoms with Gasteiger partial charge in [-0.1, -0.05) is 0 Å². The first kappa shape index (κ1) is 16.8. The molecule has 0 saturated carbocycles. The van der Waals surface area contributed by atoms with E-state index >= 15 is 0 Å². The molecule has 1 aliphatic rings. The van der Waals surface area contributed by atoms with E-state index in [9.17, 15) is 14.7 Å². The molecule has 2 N–H and O–H groups in total. The molecule has 5 atom stereocenters. The van der Waals surface area contributed by atoms with Crippen LogP contribution in [0.5, 0.6) is 0 Å². The van der Waals surface area contributed by atoms with E-state index in [0.717, 1.165) is 0 Å². The van der Waals surface area contributed by atoms with Gasteiger partial charge in [0.05, 0.1) is 6.61 Å². The van der Waals surface area contributed by atoms with E-state index in [4.69, 9.17) is 18.9 Å². The van der Waals surface area contributed by atoms with Crippen LogP contribution in [0.25, 0.3) is 0 Å². The fraction of sp³-hybridized carbons (Fsp3) is 0.833. The number of methoxy groups -OCH3 is 2. The molecule has 1 saturated heterocycles. The van der Waals surface area contributed by atoms with Crippen molar-refractivity contribution >= 4 is 11.9 Å². The predicted octanol–water partition coefficient (Wildman–Crippen LogP) is -1.20. The Morgan fingerprint density at radius 2 is 1.90 bits per heavy atom. The third-order valence-corrected chi connectivity index (χ3v) is 2.94. The van der Waals surface area contributed by atoms with Crippen LogP contribution in [0.4, 0.5) is 0 Å². The van der Waals surface area contributed by atoms with Gasteiger partial charge in [-0.05, 0) is 0 Å². The number of carbonyl (C=O) groups excluding carboxylic acids is 2. The second-order valence-corrected chi connectivity index (χ2v) is 4.52. The number of ether oxygens (including phenoxy) is 4. The largest absolute Gasteiger partial charge is 0.457 e. The van der Waals surface area contributed by atoms with Crippen molar-refractivity contribution in [3.8, 4) is 0 Å². The van der Waals surface area contributed by atoms with E-state index in [0.29, 0.717) is 0 Å². The van der Waals surface area contributed by atoms with E-state index in [1.54, 1.807) is 0 Å². The third-order valence-electron chi connectivity index (χ3n) is 2.94. The molecule has 116 valence electrons. The van der Waals surface area contributed by atoms with Crippen LogP contribution in [0.2, 0.25) is 0 Å². The van der Waals surface area contributed by atoms with Gasteiger partial charge in [-0.3, -0.25) is 9.59 Å². The minimum atomic E-state index is -1.28. The molecular weight excluding hydrogens is 270 g/mol. The van der Waals surface area contributed by atoms with Crippen molar-refractivity contribution in [2.24, 2.45) is 0 Å². The minimum Gasteiger partial charge on any atom is -0.457 e. The zero-order valence-corrected chi connectivity index (χ0v) is 12.0. The molecule has 0 aromatic carbocycles. The Morgan fingerprint density at radius 3 is 2.35 bits per heavy atom. The lowest BCUT2D eigenvalue weighted by atomic mass is 9.96. The quantitative estimate of drug-likeness (QED) is 0.613. The first-order chi connectivity index (χ1) is 9.40. The number of hydrogen-bond donors (Lipinski definition) is 2. The highest BCUT2D eigenvalue weighted by Crippen LogP contribution is 2.25. The smallest absolute Gasteiger partial charge is 0.303 e. The van der Waals surface area contributed by atoms with Crippen molar-refractivity contribution in [2.75, 3.05) is 20.8 Å². The molecule has 1 amide bonds. The molecule has 1 rings (SSSR count). The molecule has 1 fully saturated rings. The number of hydrogen-bond acceptors (Lipinski definition) is 7. The maximum atomic E-state index is 11.2. The molecule has 0 spiro atoms. The molecule has 5 unspecified atom stereocenters. The predicted molar refractivity (Wildman–Crippen MR) is 66.7 cm³/mol. The van der Waals surface area contributed by atoms with Crippen LogP contribution in [0, 0.1) is 0 Å². The van der Waals surface area contributed by atoms with Gasteiger partial charge in [0.25, 0.3) is 0 Å². The highest BCUT2D eigenvalue weighted by atomic mass is 16.7. The van der Waals surface area contributed by atoms with Crippen molar-refractivity contribution in [1.29, 1.82) is 0 Å². The molecule has 0 bridgehead atoms. The summed E-state index contributed by atoms with van der Waals surface area (Å²) in [7, 11) is 2.86. The van der Waals surface area contributed by atoms with Crippen LogP contribution in [0.15, 0.2) is 0 Å². The summed E-state index contributed by atoms with van der Waals surface area (Å²) in [6, 6.07) is -0.838. The van der Waals surface area contributed by atoms with Gasteiger partial charge in [-0.15, -0.1) is 0 Å². The minimum absolute atomic E-state index is 0.113. The second-order valence-electron chi connectivity index (χ2n) is 4.52. The fourth-order valence-electron chi connectivity index (χ4n) is 2.22. The molecule has 0 aromatic heterocycles. The lowest BCUT2D eigenvalue weighted by Gasteiger charge is -2.43. The molecule has 20 heavy (non-hydrogen) atoms. The standard InChI is InChI=1S/C12H21NO7/c1-6(14)13-9-11(18-4)10(19-7(2)15)8(5-17-3)20-12(9)16/h8-12,16H,5H2,1-4H3,(H,13,14). The van der Waals surface area contributed by atoms with Crippen molar-refractivity contribution in [2.45, 2.75) is 44.5 Å². The Bertz CT molecular complexity index is 349. The van der Waals surface area contributed by atoms with Crippen LogP contribution in [0.3, 0.4) is 0 Å². The maximum Gasteiger partial charge on any atom is 0.303 e. The van der Waals surface area contributed by atoms with Gasteiger partial charge in [0.1, 0.15) is 18.2 Å². The van der Waals surface area contributed by atoms with Crippen molar-refractivity contribution in [3.63, 3.8) is 0 Å². The molecule has 0 aliphatic carbocycles. The highest BCUT2D eigenvalue weighted by Gasteiger charge is 2.48. The average molecular weight is 291 g/mol.